The number of esters is 2. The number of rotatable bonds is 9. The molecule has 1 aromatic rings. The third-order valence-corrected chi connectivity index (χ3v) is 6.26. The van der Waals surface area contributed by atoms with Gasteiger partial charge in [0.2, 0.25) is 6.79 Å². The van der Waals surface area contributed by atoms with Crippen LogP contribution in [0.5, 0.6) is 11.5 Å². The van der Waals surface area contributed by atoms with Gasteiger partial charge in [0, 0.05) is 25.9 Å². The SMILES string of the molecule is C/C=C(/OC)[C@@H](OC(=O)C(O)CCC)C1CN(CCC)CCc2cc3c(cc21)OCO3.CC.CC.COC(C)=O. The minimum atomic E-state index is -1.14. The number of fused-ring (bicyclic) bond motifs is 2. The van der Waals surface area contributed by atoms with Gasteiger partial charge in [-0.1, -0.05) is 48.0 Å². The summed E-state index contributed by atoms with van der Waals surface area (Å²) in [5.74, 6) is 1.02. The first-order chi connectivity index (χ1) is 19.3. The van der Waals surface area contributed by atoms with E-state index in [0.29, 0.717) is 30.9 Å². The van der Waals surface area contributed by atoms with Gasteiger partial charge in [0.05, 0.1) is 14.2 Å². The van der Waals surface area contributed by atoms with Gasteiger partial charge in [0.25, 0.3) is 0 Å². The molecule has 2 heterocycles. The van der Waals surface area contributed by atoms with E-state index in [9.17, 15) is 14.7 Å². The summed E-state index contributed by atoms with van der Waals surface area (Å²) in [4.78, 5) is 24.7. The van der Waals surface area contributed by atoms with E-state index in [2.05, 4.69) is 16.6 Å². The fraction of sp³-hybridized carbons (Fsp3) is 0.677. The molecule has 2 unspecified atom stereocenters. The van der Waals surface area contributed by atoms with Crippen molar-refractivity contribution < 1.29 is 38.4 Å². The van der Waals surface area contributed by atoms with Crippen molar-refractivity contribution in [2.45, 2.75) is 99.2 Å². The van der Waals surface area contributed by atoms with Gasteiger partial charge in [-0.3, -0.25) is 4.79 Å². The lowest BCUT2D eigenvalue weighted by Crippen LogP contribution is -2.38. The lowest BCUT2D eigenvalue weighted by molar-refractivity contribution is -0.160. The normalized spacial score (nSPS) is 17.1. The van der Waals surface area contributed by atoms with E-state index in [1.165, 1.54) is 14.0 Å². The quantitative estimate of drug-likeness (QED) is 0.301. The number of benzene rings is 1. The zero-order chi connectivity index (χ0) is 30.7. The molecule has 0 saturated carbocycles. The monoisotopic (exact) mass is 567 g/mol. The number of aliphatic hydroxyl groups excluding tert-OH is 1. The molecule has 0 bridgehead atoms. The Labute approximate surface area is 241 Å². The third kappa shape index (κ3) is 11.4. The maximum absolute atomic E-state index is 12.7. The fourth-order valence-electron chi connectivity index (χ4n) is 4.42. The topological polar surface area (TPSA) is 104 Å². The standard InChI is InChI=1S/C24H35NO6.C3H6O2.2C2H6/c1-5-8-19(26)24(27)31-23(20(7-3)28-4)18-14-25(10-6-2)11-9-16-12-21-22(13-17(16)18)30-15-29-21;1-3(4)5-2;2*1-2/h7,12-13,18-19,23,26H,5-6,8-11,14-15H2,1-4H3;1-2H3;2*1-2H3/b20-7+;;;/t18?,19?,23-;;;/m0.../s1. The largest absolute Gasteiger partial charge is 0.497 e. The molecule has 0 fully saturated rings. The summed E-state index contributed by atoms with van der Waals surface area (Å²) in [7, 11) is 2.93. The Balaban J connectivity index is 0.00000150. The molecule has 0 aromatic heterocycles. The lowest BCUT2D eigenvalue weighted by Gasteiger charge is -2.32. The van der Waals surface area contributed by atoms with Crippen molar-refractivity contribution in [3.05, 3.63) is 35.1 Å². The Morgan fingerprint density at radius 1 is 1.07 bits per heavy atom. The van der Waals surface area contributed by atoms with Gasteiger partial charge in [-0.05, 0) is 62.1 Å². The minimum absolute atomic E-state index is 0.164. The van der Waals surface area contributed by atoms with E-state index in [0.717, 1.165) is 42.8 Å². The van der Waals surface area contributed by atoms with E-state index in [1.807, 2.05) is 59.8 Å². The number of nitrogens with zero attached hydrogens (tertiary/aromatic N) is 1. The molecule has 0 radical (unpaired) electrons. The van der Waals surface area contributed by atoms with Crippen molar-refractivity contribution in [1.29, 1.82) is 0 Å². The van der Waals surface area contributed by atoms with Gasteiger partial charge < -0.3 is 33.7 Å². The molecule has 0 spiro atoms. The van der Waals surface area contributed by atoms with Gasteiger partial charge in [-0.25, -0.2) is 4.79 Å². The molecule has 1 N–H and O–H groups in total. The average Bonchev–Trinajstić information content (AvgIpc) is 3.36. The fourth-order valence-corrected chi connectivity index (χ4v) is 4.42. The van der Waals surface area contributed by atoms with Crippen LogP contribution in [0.4, 0.5) is 0 Å². The van der Waals surface area contributed by atoms with Crippen LogP contribution in [0.15, 0.2) is 24.0 Å². The number of methoxy groups -OCH3 is 2. The Morgan fingerprint density at radius 2 is 1.68 bits per heavy atom. The number of carbonyl (C=O) groups is 2. The van der Waals surface area contributed by atoms with Crippen LogP contribution in [-0.4, -0.2) is 74.8 Å². The summed E-state index contributed by atoms with van der Waals surface area (Å²) in [6, 6.07) is 4.07. The minimum Gasteiger partial charge on any atom is -0.497 e. The van der Waals surface area contributed by atoms with Crippen molar-refractivity contribution in [3.63, 3.8) is 0 Å². The second-order valence-electron chi connectivity index (χ2n) is 8.81. The number of aliphatic hydroxyl groups is 1. The summed E-state index contributed by atoms with van der Waals surface area (Å²) in [6.45, 7) is 18.1. The van der Waals surface area contributed by atoms with Crippen LogP contribution in [0, 0.1) is 0 Å². The van der Waals surface area contributed by atoms with E-state index >= 15 is 0 Å². The molecule has 3 atom stereocenters. The smallest absolute Gasteiger partial charge is 0.335 e. The highest BCUT2D eigenvalue weighted by atomic mass is 16.7. The molecule has 0 saturated heterocycles. The summed E-state index contributed by atoms with van der Waals surface area (Å²) in [5.41, 5.74) is 2.23. The highest BCUT2D eigenvalue weighted by Crippen LogP contribution is 2.41. The van der Waals surface area contributed by atoms with Crippen molar-refractivity contribution in [2.24, 2.45) is 0 Å². The average molecular weight is 568 g/mol. The Hall–Kier alpha value is -2.78. The van der Waals surface area contributed by atoms with Crippen LogP contribution in [-0.2, 0) is 30.2 Å². The number of hydrogen-bond acceptors (Lipinski definition) is 9. The molecule has 2 aliphatic rings. The summed E-state index contributed by atoms with van der Waals surface area (Å²) in [6.07, 6.45) is 3.01. The van der Waals surface area contributed by atoms with E-state index in [-0.39, 0.29) is 18.7 Å². The Kier molecular flexibility index (Phi) is 19.6. The maximum Gasteiger partial charge on any atom is 0.335 e. The van der Waals surface area contributed by atoms with E-state index in [4.69, 9.17) is 18.9 Å². The first-order valence-electron chi connectivity index (χ1n) is 14.6. The first-order valence-corrected chi connectivity index (χ1v) is 14.6. The highest BCUT2D eigenvalue weighted by molar-refractivity contribution is 5.74. The van der Waals surface area contributed by atoms with Crippen LogP contribution in [0.25, 0.3) is 0 Å². The number of ether oxygens (including phenoxy) is 5. The van der Waals surface area contributed by atoms with Gasteiger partial charge in [0.1, 0.15) is 5.76 Å². The van der Waals surface area contributed by atoms with Crippen LogP contribution in [0.2, 0.25) is 0 Å². The Bertz CT molecular complexity index is 902. The van der Waals surface area contributed by atoms with Crippen LogP contribution < -0.4 is 9.47 Å². The molecule has 2 aliphatic heterocycles. The number of carbonyl (C=O) groups excluding carboxylic acids is 2. The molecular formula is C31H53NO8. The second-order valence-corrected chi connectivity index (χ2v) is 8.81. The number of allylic oxidation sites excluding steroid dienone is 1. The summed E-state index contributed by atoms with van der Waals surface area (Å²) >= 11 is 0. The summed E-state index contributed by atoms with van der Waals surface area (Å²) < 4.78 is 26.9. The van der Waals surface area contributed by atoms with Crippen LogP contribution >= 0.6 is 0 Å². The molecule has 230 valence electrons. The van der Waals surface area contributed by atoms with Gasteiger partial charge in [-0.2, -0.15) is 0 Å². The first kappa shape index (κ1) is 37.2. The predicted molar refractivity (Wildman–Crippen MR) is 158 cm³/mol. The molecule has 0 amide bonds. The molecule has 3 rings (SSSR count). The zero-order valence-electron chi connectivity index (χ0n) is 26.4. The van der Waals surface area contributed by atoms with Gasteiger partial charge in [0.15, 0.2) is 23.7 Å². The molecule has 1 aromatic carbocycles. The molecule has 40 heavy (non-hydrogen) atoms. The van der Waals surface area contributed by atoms with Gasteiger partial charge in [-0.15, -0.1) is 0 Å². The molecule has 9 nitrogen and oxygen atoms in total. The van der Waals surface area contributed by atoms with Crippen molar-refractivity contribution in [3.8, 4) is 11.5 Å². The lowest BCUT2D eigenvalue weighted by atomic mass is 9.87. The summed E-state index contributed by atoms with van der Waals surface area (Å²) in [5, 5.41) is 10.2. The van der Waals surface area contributed by atoms with E-state index in [1.54, 1.807) is 7.11 Å². The van der Waals surface area contributed by atoms with Crippen LogP contribution in [0.1, 0.15) is 91.7 Å². The predicted octanol–water partition coefficient (Wildman–Crippen LogP) is 5.62. The molecule has 9 heteroatoms. The van der Waals surface area contributed by atoms with Crippen molar-refractivity contribution in [2.75, 3.05) is 40.6 Å². The Morgan fingerprint density at radius 3 is 2.17 bits per heavy atom. The van der Waals surface area contributed by atoms with Crippen molar-refractivity contribution in [1.82, 2.24) is 4.90 Å². The third-order valence-electron chi connectivity index (χ3n) is 6.26. The maximum atomic E-state index is 12.7. The van der Waals surface area contributed by atoms with Gasteiger partial charge >= 0.3 is 11.9 Å². The highest BCUT2D eigenvalue weighted by Gasteiger charge is 2.37. The molecular weight excluding hydrogens is 514 g/mol. The van der Waals surface area contributed by atoms with Crippen LogP contribution in [0.3, 0.4) is 0 Å². The zero-order valence-corrected chi connectivity index (χ0v) is 26.4. The second kappa shape index (κ2) is 21.0. The number of hydrogen-bond donors (Lipinski definition) is 1. The van der Waals surface area contributed by atoms with Crippen molar-refractivity contribution >= 4 is 11.9 Å². The molecule has 0 aliphatic carbocycles. The van der Waals surface area contributed by atoms with E-state index < -0.39 is 18.2 Å².